The summed E-state index contributed by atoms with van der Waals surface area (Å²) in [6.07, 6.45) is 0. The van der Waals surface area contributed by atoms with Gasteiger partial charge in [-0.25, -0.2) is 0 Å². The average molecular weight is 703 g/mol. The second kappa shape index (κ2) is 12.1. The molecule has 0 bridgehead atoms. The first-order chi connectivity index (χ1) is 27.1. The predicted molar refractivity (Wildman–Crippen MR) is 231 cm³/mol. The van der Waals surface area contributed by atoms with Crippen molar-refractivity contribution in [3.63, 3.8) is 0 Å². The van der Waals surface area contributed by atoms with Crippen LogP contribution in [0.3, 0.4) is 0 Å². The van der Waals surface area contributed by atoms with E-state index in [1.54, 1.807) is 0 Å². The summed E-state index contributed by atoms with van der Waals surface area (Å²) in [6, 6.07) is 71.3. The molecule has 2 heterocycles. The van der Waals surface area contributed by atoms with E-state index >= 15 is 0 Å². The molecule has 10 aromatic rings. The number of para-hydroxylation sites is 2. The Morgan fingerprint density at radius 3 is 1.65 bits per heavy atom. The third kappa shape index (κ3) is 4.74. The summed E-state index contributed by atoms with van der Waals surface area (Å²) < 4.78 is 4.89. The molecule has 0 aliphatic heterocycles. The second-order valence-electron chi connectivity index (χ2n) is 15.3. The van der Waals surface area contributed by atoms with Crippen LogP contribution in [-0.4, -0.2) is 9.13 Å². The molecule has 2 heteroatoms. The highest BCUT2D eigenvalue weighted by molar-refractivity contribution is 6.11. The zero-order valence-electron chi connectivity index (χ0n) is 30.9. The fourth-order valence-corrected chi connectivity index (χ4v) is 9.34. The lowest BCUT2D eigenvalue weighted by Crippen LogP contribution is -2.15. The van der Waals surface area contributed by atoms with Gasteiger partial charge in [-0.3, -0.25) is 0 Å². The van der Waals surface area contributed by atoms with Gasteiger partial charge in [-0.2, -0.15) is 0 Å². The van der Waals surface area contributed by atoms with Crippen LogP contribution in [0.5, 0.6) is 0 Å². The molecule has 1 aliphatic rings. The summed E-state index contributed by atoms with van der Waals surface area (Å²) in [5, 5.41) is 3.75. The minimum Gasteiger partial charge on any atom is -0.309 e. The van der Waals surface area contributed by atoms with Gasteiger partial charge in [0.25, 0.3) is 0 Å². The first kappa shape index (κ1) is 31.6. The van der Waals surface area contributed by atoms with Gasteiger partial charge in [-0.05, 0) is 99.1 Å². The zero-order valence-corrected chi connectivity index (χ0v) is 30.9. The summed E-state index contributed by atoms with van der Waals surface area (Å²) in [7, 11) is 0. The van der Waals surface area contributed by atoms with Crippen molar-refractivity contribution in [2.45, 2.75) is 19.3 Å². The number of nitrogens with zero attached hydrogens (tertiary/aromatic N) is 2. The first-order valence-corrected chi connectivity index (χ1v) is 19.2. The normalized spacial score (nSPS) is 13.1. The maximum Gasteiger partial charge on any atom is 0.0619 e. The Balaban J connectivity index is 1.17. The standard InChI is InChI=1S/C53H38N2/c1-53(2)46-24-14-12-22-41(46)42-29-28-40(34-47(42)53)55-50-31-27-38(33-45(50)51(35-16-6-3-7-17-35)52(55)36-18-8-4-9-19-36)37-26-30-49-44(32-37)43-23-13-15-25-48(43)54(49)39-20-10-5-11-21-39/h3-34H,1-2H3. The van der Waals surface area contributed by atoms with Crippen molar-refractivity contribution in [1.29, 1.82) is 0 Å². The Hall–Kier alpha value is -6.90. The Morgan fingerprint density at radius 1 is 0.345 bits per heavy atom. The number of hydrogen-bond acceptors (Lipinski definition) is 0. The molecular formula is C53H38N2. The van der Waals surface area contributed by atoms with E-state index < -0.39 is 0 Å². The molecule has 0 amide bonds. The van der Waals surface area contributed by atoms with Gasteiger partial charge in [0.05, 0.1) is 22.2 Å². The van der Waals surface area contributed by atoms with E-state index in [-0.39, 0.29) is 5.41 Å². The zero-order chi connectivity index (χ0) is 36.7. The van der Waals surface area contributed by atoms with E-state index in [9.17, 15) is 0 Å². The van der Waals surface area contributed by atoms with Gasteiger partial charge in [0.2, 0.25) is 0 Å². The van der Waals surface area contributed by atoms with Crippen LogP contribution in [0.15, 0.2) is 194 Å². The number of rotatable bonds is 5. The lowest BCUT2D eigenvalue weighted by atomic mass is 9.82. The van der Waals surface area contributed by atoms with Gasteiger partial charge in [-0.15, -0.1) is 0 Å². The van der Waals surface area contributed by atoms with Crippen LogP contribution in [0.25, 0.3) is 88.7 Å². The van der Waals surface area contributed by atoms with Crippen molar-refractivity contribution in [2.24, 2.45) is 0 Å². The quantitative estimate of drug-likeness (QED) is 0.169. The van der Waals surface area contributed by atoms with Gasteiger partial charge < -0.3 is 9.13 Å². The number of fused-ring (bicyclic) bond motifs is 7. The smallest absolute Gasteiger partial charge is 0.0619 e. The van der Waals surface area contributed by atoms with Crippen LogP contribution in [0.1, 0.15) is 25.0 Å². The van der Waals surface area contributed by atoms with E-state index in [2.05, 4.69) is 217 Å². The third-order valence-corrected chi connectivity index (χ3v) is 11.9. The van der Waals surface area contributed by atoms with Gasteiger partial charge in [-0.1, -0.05) is 153 Å². The molecule has 8 aromatic carbocycles. The molecule has 2 nitrogen and oxygen atoms in total. The minimum absolute atomic E-state index is 0.102. The lowest BCUT2D eigenvalue weighted by Gasteiger charge is -2.22. The summed E-state index contributed by atoms with van der Waals surface area (Å²) >= 11 is 0. The second-order valence-corrected chi connectivity index (χ2v) is 15.3. The number of benzene rings is 8. The van der Waals surface area contributed by atoms with E-state index in [4.69, 9.17) is 0 Å². The first-order valence-electron chi connectivity index (χ1n) is 19.2. The van der Waals surface area contributed by atoms with Crippen molar-refractivity contribution in [3.05, 3.63) is 205 Å². The maximum absolute atomic E-state index is 2.51. The van der Waals surface area contributed by atoms with Crippen LogP contribution in [0, 0.1) is 0 Å². The lowest BCUT2D eigenvalue weighted by molar-refractivity contribution is 0.660. The molecule has 0 saturated carbocycles. The SMILES string of the molecule is CC1(C)c2ccccc2-c2ccc(-n3c(-c4ccccc4)c(-c4ccccc4)c4cc(-c5ccc6c(c5)c5ccccc5n6-c5ccccc5)ccc43)cc21. The fourth-order valence-electron chi connectivity index (χ4n) is 9.34. The molecular weight excluding hydrogens is 665 g/mol. The van der Waals surface area contributed by atoms with E-state index in [1.165, 1.54) is 99.8 Å². The summed E-state index contributed by atoms with van der Waals surface area (Å²) in [5.41, 5.74) is 18.5. The molecule has 0 N–H and O–H groups in total. The predicted octanol–water partition coefficient (Wildman–Crippen LogP) is 14.0. The van der Waals surface area contributed by atoms with Crippen LogP contribution in [0.4, 0.5) is 0 Å². The molecule has 11 rings (SSSR count). The average Bonchev–Trinajstić information content (AvgIpc) is 3.84. The number of hydrogen-bond donors (Lipinski definition) is 0. The highest BCUT2D eigenvalue weighted by Crippen LogP contribution is 2.50. The Labute approximate surface area is 321 Å². The number of aromatic nitrogens is 2. The van der Waals surface area contributed by atoms with Crippen LogP contribution >= 0.6 is 0 Å². The van der Waals surface area contributed by atoms with E-state index in [1.807, 2.05) is 0 Å². The van der Waals surface area contributed by atoms with E-state index in [0.717, 1.165) is 0 Å². The molecule has 2 aromatic heterocycles. The van der Waals surface area contributed by atoms with Crippen LogP contribution < -0.4 is 0 Å². The highest BCUT2D eigenvalue weighted by atomic mass is 15.0. The van der Waals surface area contributed by atoms with Gasteiger partial charge in [0.15, 0.2) is 0 Å². The molecule has 0 radical (unpaired) electrons. The summed E-state index contributed by atoms with van der Waals surface area (Å²) in [4.78, 5) is 0. The molecule has 0 saturated heterocycles. The van der Waals surface area contributed by atoms with Crippen LogP contribution in [0.2, 0.25) is 0 Å². The summed E-state index contributed by atoms with van der Waals surface area (Å²) in [6.45, 7) is 4.73. The molecule has 0 fully saturated rings. The molecule has 55 heavy (non-hydrogen) atoms. The Kier molecular flexibility index (Phi) is 6.93. The molecule has 0 unspecified atom stereocenters. The maximum atomic E-state index is 2.51. The monoisotopic (exact) mass is 702 g/mol. The topological polar surface area (TPSA) is 9.86 Å². The Bertz CT molecular complexity index is 3090. The van der Waals surface area contributed by atoms with Crippen molar-refractivity contribution in [1.82, 2.24) is 9.13 Å². The van der Waals surface area contributed by atoms with E-state index in [0.29, 0.717) is 0 Å². The third-order valence-electron chi connectivity index (χ3n) is 11.9. The van der Waals surface area contributed by atoms with Crippen molar-refractivity contribution >= 4 is 32.7 Å². The summed E-state index contributed by atoms with van der Waals surface area (Å²) in [5.74, 6) is 0. The highest BCUT2D eigenvalue weighted by Gasteiger charge is 2.35. The Morgan fingerprint density at radius 2 is 0.909 bits per heavy atom. The van der Waals surface area contributed by atoms with Crippen molar-refractivity contribution in [2.75, 3.05) is 0 Å². The fraction of sp³-hybridized carbons (Fsp3) is 0.0566. The van der Waals surface area contributed by atoms with Crippen molar-refractivity contribution in [3.8, 4) is 56.0 Å². The largest absolute Gasteiger partial charge is 0.309 e. The van der Waals surface area contributed by atoms with Crippen LogP contribution in [-0.2, 0) is 5.41 Å². The molecule has 0 spiro atoms. The molecule has 0 atom stereocenters. The van der Waals surface area contributed by atoms with Gasteiger partial charge in [0, 0.05) is 38.5 Å². The van der Waals surface area contributed by atoms with Gasteiger partial charge in [0.1, 0.15) is 0 Å². The molecule has 1 aliphatic carbocycles. The minimum atomic E-state index is -0.102. The van der Waals surface area contributed by atoms with Crippen molar-refractivity contribution < 1.29 is 0 Å². The van der Waals surface area contributed by atoms with Gasteiger partial charge >= 0.3 is 0 Å². The molecule has 260 valence electrons.